The number of nitrogens with one attached hydrogen (secondary N) is 1. The number of aromatic hydroxyl groups is 2. The van der Waals surface area contributed by atoms with Crippen LogP contribution in [0, 0.1) is 5.92 Å². The number of amides is 1. The largest absolute Gasteiger partial charge is 0.508 e. The van der Waals surface area contributed by atoms with Crippen LogP contribution < -0.4 is 5.32 Å². The predicted molar refractivity (Wildman–Crippen MR) is 96.5 cm³/mol. The van der Waals surface area contributed by atoms with Crippen LogP contribution in [0.1, 0.15) is 28.8 Å². The van der Waals surface area contributed by atoms with Crippen molar-refractivity contribution in [3.63, 3.8) is 0 Å². The summed E-state index contributed by atoms with van der Waals surface area (Å²) in [6.07, 6.45) is 2.21. The molecule has 5 nitrogen and oxygen atoms in total. The van der Waals surface area contributed by atoms with Gasteiger partial charge in [-0.25, -0.2) is 0 Å². The van der Waals surface area contributed by atoms with Gasteiger partial charge in [-0.1, -0.05) is 30.3 Å². The van der Waals surface area contributed by atoms with Crippen LogP contribution in [0.25, 0.3) is 0 Å². The van der Waals surface area contributed by atoms with E-state index in [2.05, 4.69) is 34.5 Å². The van der Waals surface area contributed by atoms with E-state index >= 15 is 0 Å². The summed E-state index contributed by atoms with van der Waals surface area (Å²) in [7, 11) is 0. The highest BCUT2D eigenvalue weighted by atomic mass is 16.3. The Morgan fingerprint density at radius 2 is 1.96 bits per heavy atom. The van der Waals surface area contributed by atoms with E-state index < -0.39 is 0 Å². The van der Waals surface area contributed by atoms with Crippen molar-refractivity contribution < 1.29 is 15.0 Å². The van der Waals surface area contributed by atoms with Gasteiger partial charge in [0.25, 0.3) is 5.91 Å². The Bertz CT molecular complexity index is 718. The predicted octanol–water partition coefficient (Wildman–Crippen LogP) is 2.74. The Morgan fingerprint density at radius 3 is 2.72 bits per heavy atom. The Morgan fingerprint density at radius 1 is 1.16 bits per heavy atom. The van der Waals surface area contributed by atoms with Crippen molar-refractivity contribution in [3.05, 3.63) is 59.7 Å². The van der Waals surface area contributed by atoms with Crippen molar-refractivity contribution >= 4 is 5.91 Å². The van der Waals surface area contributed by atoms with E-state index in [-0.39, 0.29) is 23.0 Å². The summed E-state index contributed by atoms with van der Waals surface area (Å²) in [6.45, 7) is 3.56. The fourth-order valence-corrected chi connectivity index (χ4v) is 3.35. The average Bonchev–Trinajstić information content (AvgIpc) is 2.61. The van der Waals surface area contributed by atoms with E-state index in [0.717, 1.165) is 32.5 Å². The third-order valence-electron chi connectivity index (χ3n) is 4.63. The zero-order valence-electron chi connectivity index (χ0n) is 14.2. The third kappa shape index (κ3) is 4.73. The van der Waals surface area contributed by atoms with Crippen molar-refractivity contribution in [2.75, 3.05) is 19.6 Å². The standard InChI is InChI=1S/C20H24N2O3/c23-17-8-9-18(19(24)11-17)20(25)21-12-16-7-4-10-22(14-16)13-15-5-2-1-3-6-15/h1-3,5-6,8-9,11,16,23-24H,4,7,10,12-14H2,(H,21,25). The molecule has 1 amide bonds. The van der Waals surface area contributed by atoms with Gasteiger partial charge in [0.05, 0.1) is 5.56 Å². The Kier molecular flexibility index (Phi) is 5.56. The highest BCUT2D eigenvalue weighted by molar-refractivity contribution is 5.96. The first-order valence-electron chi connectivity index (χ1n) is 8.68. The second-order valence-electron chi connectivity index (χ2n) is 6.64. The van der Waals surface area contributed by atoms with Gasteiger partial charge in [0.2, 0.25) is 0 Å². The minimum atomic E-state index is -0.308. The first-order valence-corrected chi connectivity index (χ1v) is 8.68. The number of rotatable bonds is 5. The van der Waals surface area contributed by atoms with Gasteiger partial charge < -0.3 is 15.5 Å². The molecule has 0 aliphatic carbocycles. The number of hydrogen-bond acceptors (Lipinski definition) is 4. The van der Waals surface area contributed by atoms with Gasteiger partial charge in [0.1, 0.15) is 11.5 Å². The molecule has 0 bridgehead atoms. The normalized spacial score (nSPS) is 18.0. The molecule has 132 valence electrons. The fourth-order valence-electron chi connectivity index (χ4n) is 3.35. The molecule has 2 aromatic rings. The molecule has 0 spiro atoms. The molecule has 5 heteroatoms. The molecule has 1 fully saturated rings. The SMILES string of the molecule is O=C(NCC1CCCN(Cc2ccccc2)C1)c1ccc(O)cc1O. The number of carbonyl (C=O) groups excluding carboxylic acids is 1. The lowest BCUT2D eigenvalue weighted by Gasteiger charge is -2.32. The summed E-state index contributed by atoms with van der Waals surface area (Å²) >= 11 is 0. The molecule has 1 aliphatic rings. The van der Waals surface area contributed by atoms with Gasteiger partial charge in [-0.05, 0) is 43.0 Å². The van der Waals surface area contributed by atoms with Crippen LogP contribution >= 0.6 is 0 Å². The number of nitrogens with zero attached hydrogens (tertiary/aromatic N) is 1. The lowest BCUT2D eigenvalue weighted by Crippen LogP contribution is -2.40. The monoisotopic (exact) mass is 340 g/mol. The lowest BCUT2D eigenvalue weighted by atomic mass is 9.97. The molecule has 3 N–H and O–H groups in total. The highest BCUT2D eigenvalue weighted by Crippen LogP contribution is 2.23. The van der Waals surface area contributed by atoms with E-state index in [1.807, 2.05) is 6.07 Å². The molecule has 0 aromatic heterocycles. The summed E-state index contributed by atoms with van der Waals surface area (Å²) in [4.78, 5) is 14.6. The molecule has 0 saturated carbocycles. The highest BCUT2D eigenvalue weighted by Gasteiger charge is 2.21. The average molecular weight is 340 g/mol. The van der Waals surface area contributed by atoms with Crippen molar-refractivity contribution in [2.45, 2.75) is 19.4 Å². The first-order chi connectivity index (χ1) is 12.1. The number of phenols is 2. The van der Waals surface area contributed by atoms with Crippen LogP contribution in [0.3, 0.4) is 0 Å². The number of carbonyl (C=O) groups is 1. The second kappa shape index (κ2) is 8.03. The molecule has 1 saturated heterocycles. The van der Waals surface area contributed by atoms with Crippen LogP contribution in [0.4, 0.5) is 0 Å². The van der Waals surface area contributed by atoms with E-state index in [1.54, 1.807) is 0 Å². The number of phenolic OH excluding ortho intramolecular Hbond substituents is 2. The number of likely N-dealkylation sites (tertiary alicyclic amines) is 1. The zero-order chi connectivity index (χ0) is 17.6. The molecule has 0 radical (unpaired) electrons. The molecule has 1 atom stereocenters. The fraction of sp³-hybridized carbons (Fsp3) is 0.350. The number of benzene rings is 2. The molecular weight excluding hydrogens is 316 g/mol. The molecule has 2 aromatic carbocycles. The summed E-state index contributed by atoms with van der Waals surface area (Å²) in [6, 6.07) is 14.4. The minimum absolute atomic E-state index is 0.0575. The van der Waals surface area contributed by atoms with Crippen LogP contribution in [-0.4, -0.2) is 40.7 Å². The van der Waals surface area contributed by atoms with E-state index in [0.29, 0.717) is 12.5 Å². The first kappa shape index (κ1) is 17.3. The maximum Gasteiger partial charge on any atom is 0.255 e. The molecule has 1 unspecified atom stereocenters. The molecule has 3 rings (SSSR count). The third-order valence-corrected chi connectivity index (χ3v) is 4.63. The molecule has 25 heavy (non-hydrogen) atoms. The van der Waals surface area contributed by atoms with Crippen LogP contribution in [0.15, 0.2) is 48.5 Å². The lowest BCUT2D eigenvalue weighted by molar-refractivity contribution is 0.0928. The van der Waals surface area contributed by atoms with E-state index in [9.17, 15) is 15.0 Å². The summed E-state index contributed by atoms with van der Waals surface area (Å²) in [5, 5.41) is 22.0. The van der Waals surface area contributed by atoms with Gasteiger partial charge in [0.15, 0.2) is 0 Å². The van der Waals surface area contributed by atoms with Crippen LogP contribution in [-0.2, 0) is 6.54 Å². The van der Waals surface area contributed by atoms with Gasteiger partial charge >= 0.3 is 0 Å². The summed E-state index contributed by atoms with van der Waals surface area (Å²) in [5.74, 6) is -0.164. The summed E-state index contributed by atoms with van der Waals surface area (Å²) in [5.41, 5.74) is 1.50. The minimum Gasteiger partial charge on any atom is -0.508 e. The molecular formula is C20H24N2O3. The van der Waals surface area contributed by atoms with Gasteiger partial charge in [-0.2, -0.15) is 0 Å². The quantitative estimate of drug-likeness (QED) is 0.782. The van der Waals surface area contributed by atoms with E-state index in [4.69, 9.17) is 0 Å². The van der Waals surface area contributed by atoms with Crippen molar-refractivity contribution in [1.82, 2.24) is 10.2 Å². The topological polar surface area (TPSA) is 72.8 Å². The van der Waals surface area contributed by atoms with Crippen molar-refractivity contribution in [3.8, 4) is 11.5 Å². The summed E-state index contributed by atoms with van der Waals surface area (Å²) < 4.78 is 0. The second-order valence-corrected chi connectivity index (χ2v) is 6.64. The van der Waals surface area contributed by atoms with Crippen LogP contribution in [0.5, 0.6) is 11.5 Å². The number of piperidine rings is 1. The Balaban J connectivity index is 1.51. The number of hydrogen-bond donors (Lipinski definition) is 3. The molecule has 1 aliphatic heterocycles. The van der Waals surface area contributed by atoms with Gasteiger partial charge in [-0.3, -0.25) is 9.69 Å². The van der Waals surface area contributed by atoms with Gasteiger partial charge in [0, 0.05) is 25.7 Å². The van der Waals surface area contributed by atoms with Gasteiger partial charge in [-0.15, -0.1) is 0 Å². The van der Waals surface area contributed by atoms with Crippen molar-refractivity contribution in [2.24, 2.45) is 5.92 Å². The maximum atomic E-state index is 12.2. The van der Waals surface area contributed by atoms with Crippen LogP contribution in [0.2, 0.25) is 0 Å². The van der Waals surface area contributed by atoms with Crippen molar-refractivity contribution in [1.29, 1.82) is 0 Å². The smallest absolute Gasteiger partial charge is 0.255 e. The Labute approximate surface area is 147 Å². The Hall–Kier alpha value is -2.53. The zero-order valence-corrected chi connectivity index (χ0v) is 14.2. The molecule has 1 heterocycles. The maximum absolute atomic E-state index is 12.2. The van der Waals surface area contributed by atoms with E-state index in [1.165, 1.54) is 23.8 Å².